The van der Waals surface area contributed by atoms with Crippen molar-refractivity contribution in [3.8, 4) is 0 Å². The van der Waals surface area contributed by atoms with Crippen molar-refractivity contribution in [1.29, 1.82) is 0 Å². The SMILES string of the molecule is CCc1cc(NC(=O)C2CC3C=CC2C3)n[nH]1. The van der Waals surface area contributed by atoms with Gasteiger partial charge in [-0.05, 0) is 31.1 Å². The summed E-state index contributed by atoms with van der Waals surface area (Å²) in [5.74, 6) is 1.99. The van der Waals surface area contributed by atoms with E-state index in [-0.39, 0.29) is 11.8 Å². The molecule has 0 aliphatic heterocycles. The minimum absolute atomic E-state index is 0.121. The van der Waals surface area contributed by atoms with Crippen molar-refractivity contribution in [2.75, 3.05) is 5.32 Å². The molecule has 0 aromatic carbocycles. The minimum Gasteiger partial charge on any atom is -0.309 e. The molecule has 0 spiro atoms. The molecule has 1 amide bonds. The van der Waals surface area contributed by atoms with Crippen LogP contribution in [0.5, 0.6) is 0 Å². The number of amides is 1. The molecule has 2 bridgehead atoms. The zero-order chi connectivity index (χ0) is 11.8. The molecular formula is C13H17N3O. The zero-order valence-electron chi connectivity index (χ0n) is 9.94. The molecule has 17 heavy (non-hydrogen) atoms. The number of aromatic amines is 1. The molecule has 3 unspecified atom stereocenters. The molecule has 4 heteroatoms. The highest BCUT2D eigenvalue weighted by Crippen LogP contribution is 2.43. The number of allylic oxidation sites excluding steroid dienone is 2. The van der Waals surface area contributed by atoms with Crippen molar-refractivity contribution in [3.05, 3.63) is 23.9 Å². The van der Waals surface area contributed by atoms with Crippen LogP contribution in [0.15, 0.2) is 18.2 Å². The predicted octanol–water partition coefficient (Wildman–Crippen LogP) is 2.12. The summed E-state index contributed by atoms with van der Waals surface area (Å²) in [5.41, 5.74) is 1.05. The molecule has 1 saturated carbocycles. The molecule has 4 nitrogen and oxygen atoms in total. The first-order valence-corrected chi connectivity index (χ1v) is 6.29. The Morgan fingerprint density at radius 3 is 3.00 bits per heavy atom. The van der Waals surface area contributed by atoms with Gasteiger partial charge in [0.15, 0.2) is 5.82 Å². The summed E-state index contributed by atoms with van der Waals surface area (Å²) < 4.78 is 0. The first kappa shape index (κ1) is 10.6. The van der Waals surface area contributed by atoms with Crippen molar-refractivity contribution < 1.29 is 4.79 Å². The average Bonchev–Trinajstić information content (AvgIpc) is 3.04. The smallest absolute Gasteiger partial charge is 0.229 e. The number of carbonyl (C=O) groups is 1. The number of aryl methyl sites for hydroxylation is 1. The van der Waals surface area contributed by atoms with Crippen molar-refractivity contribution in [1.82, 2.24) is 10.2 Å². The first-order valence-electron chi connectivity index (χ1n) is 6.29. The average molecular weight is 231 g/mol. The third-order valence-electron chi connectivity index (χ3n) is 3.88. The Balaban J connectivity index is 1.65. The summed E-state index contributed by atoms with van der Waals surface area (Å²) in [7, 11) is 0. The summed E-state index contributed by atoms with van der Waals surface area (Å²) in [4.78, 5) is 12.1. The number of hydrogen-bond donors (Lipinski definition) is 2. The van der Waals surface area contributed by atoms with Gasteiger partial charge in [0.1, 0.15) is 0 Å². The van der Waals surface area contributed by atoms with Crippen LogP contribution < -0.4 is 5.32 Å². The van der Waals surface area contributed by atoms with E-state index in [4.69, 9.17) is 0 Å². The lowest BCUT2D eigenvalue weighted by molar-refractivity contribution is -0.120. The number of nitrogens with zero attached hydrogens (tertiary/aromatic N) is 1. The lowest BCUT2D eigenvalue weighted by Gasteiger charge is -2.16. The quantitative estimate of drug-likeness (QED) is 0.783. The number of fused-ring (bicyclic) bond motifs is 2. The van der Waals surface area contributed by atoms with Crippen molar-refractivity contribution in [3.63, 3.8) is 0 Å². The van der Waals surface area contributed by atoms with E-state index in [1.165, 1.54) is 0 Å². The van der Waals surface area contributed by atoms with E-state index in [0.717, 1.165) is 25.0 Å². The molecule has 3 atom stereocenters. The Hall–Kier alpha value is -1.58. The van der Waals surface area contributed by atoms with Gasteiger partial charge >= 0.3 is 0 Å². The van der Waals surface area contributed by atoms with Crippen LogP contribution in [0.2, 0.25) is 0 Å². The van der Waals surface area contributed by atoms with Gasteiger partial charge in [-0.2, -0.15) is 5.10 Å². The first-order chi connectivity index (χ1) is 8.26. The molecule has 90 valence electrons. The number of aromatic nitrogens is 2. The topological polar surface area (TPSA) is 57.8 Å². The second-order valence-electron chi connectivity index (χ2n) is 5.01. The number of hydrogen-bond acceptors (Lipinski definition) is 2. The van der Waals surface area contributed by atoms with Crippen molar-refractivity contribution >= 4 is 11.7 Å². The number of nitrogens with one attached hydrogen (secondary N) is 2. The number of rotatable bonds is 3. The second kappa shape index (κ2) is 4.02. The van der Waals surface area contributed by atoms with E-state index in [1.807, 2.05) is 6.07 Å². The lowest BCUT2D eigenvalue weighted by Crippen LogP contribution is -2.26. The largest absolute Gasteiger partial charge is 0.309 e. The molecule has 1 heterocycles. The van der Waals surface area contributed by atoms with E-state index in [9.17, 15) is 4.79 Å². The van der Waals surface area contributed by atoms with Gasteiger partial charge < -0.3 is 5.32 Å². The normalized spacial score (nSPS) is 29.8. The van der Waals surface area contributed by atoms with Crippen LogP contribution in [0.25, 0.3) is 0 Å². The maximum atomic E-state index is 12.1. The van der Waals surface area contributed by atoms with Crippen LogP contribution in [0.3, 0.4) is 0 Å². The zero-order valence-corrected chi connectivity index (χ0v) is 9.94. The van der Waals surface area contributed by atoms with Crippen LogP contribution in [-0.4, -0.2) is 16.1 Å². The van der Waals surface area contributed by atoms with Gasteiger partial charge in [0, 0.05) is 17.7 Å². The molecular weight excluding hydrogens is 214 g/mol. The molecule has 1 aromatic rings. The number of H-pyrrole nitrogens is 1. The third-order valence-corrected chi connectivity index (χ3v) is 3.88. The standard InChI is InChI=1S/C13H17N3O/c1-2-10-7-12(16-15-10)14-13(17)11-6-8-3-4-9(11)5-8/h3-4,7-9,11H,2,5-6H2,1H3,(H2,14,15,16,17). The molecule has 3 rings (SSSR count). The molecule has 0 saturated heterocycles. The van der Waals surface area contributed by atoms with Crippen LogP contribution in [0.1, 0.15) is 25.5 Å². The van der Waals surface area contributed by atoms with Gasteiger partial charge in [-0.25, -0.2) is 0 Å². The van der Waals surface area contributed by atoms with E-state index >= 15 is 0 Å². The fourth-order valence-electron chi connectivity index (χ4n) is 2.91. The highest BCUT2D eigenvalue weighted by molar-refractivity contribution is 5.92. The van der Waals surface area contributed by atoms with E-state index in [0.29, 0.717) is 17.7 Å². The fourth-order valence-corrected chi connectivity index (χ4v) is 2.91. The molecule has 1 aromatic heterocycles. The minimum atomic E-state index is 0.121. The van der Waals surface area contributed by atoms with Gasteiger partial charge in [0.25, 0.3) is 0 Å². The molecule has 0 radical (unpaired) electrons. The Morgan fingerprint density at radius 2 is 2.41 bits per heavy atom. The summed E-state index contributed by atoms with van der Waals surface area (Å²) in [6, 6.07) is 1.90. The van der Waals surface area contributed by atoms with Gasteiger partial charge in [0.05, 0.1) is 0 Å². The highest BCUT2D eigenvalue weighted by Gasteiger charge is 2.39. The Kier molecular flexibility index (Phi) is 2.50. The summed E-state index contributed by atoms with van der Waals surface area (Å²) >= 11 is 0. The summed E-state index contributed by atoms with van der Waals surface area (Å²) in [6.45, 7) is 2.06. The fraction of sp³-hybridized carbons (Fsp3) is 0.538. The molecule has 1 fully saturated rings. The second-order valence-corrected chi connectivity index (χ2v) is 5.01. The van der Waals surface area contributed by atoms with Crippen LogP contribution >= 0.6 is 0 Å². The maximum absolute atomic E-state index is 12.1. The Bertz CT molecular complexity index is 463. The summed E-state index contributed by atoms with van der Waals surface area (Å²) in [5, 5.41) is 9.90. The monoisotopic (exact) mass is 231 g/mol. The molecule has 2 aliphatic rings. The predicted molar refractivity (Wildman–Crippen MR) is 65.4 cm³/mol. The van der Waals surface area contributed by atoms with Gasteiger partial charge in [0.2, 0.25) is 5.91 Å². The Labute approximate surface area is 100 Å². The van der Waals surface area contributed by atoms with Crippen molar-refractivity contribution in [2.45, 2.75) is 26.2 Å². The van der Waals surface area contributed by atoms with E-state index in [2.05, 4.69) is 34.6 Å². The number of carbonyl (C=O) groups excluding carboxylic acids is 1. The van der Waals surface area contributed by atoms with E-state index in [1.54, 1.807) is 0 Å². The van der Waals surface area contributed by atoms with Crippen LogP contribution in [0, 0.1) is 17.8 Å². The molecule has 2 aliphatic carbocycles. The third kappa shape index (κ3) is 1.88. The molecule has 2 N–H and O–H groups in total. The lowest BCUT2D eigenvalue weighted by atomic mass is 9.93. The van der Waals surface area contributed by atoms with E-state index < -0.39 is 0 Å². The maximum Gasteiger partial charge on any atom is 0.229 e. The van der Waals surface area contributed by atoms with Gasteiger partial charge in [-0.15, -0.1) is 0 Å². The van der Waals surface area contributed by atoms with Gasteiger partial charge in [-0.1, -0.05) is 19.1 Å². The van der Waals surface area contributed by atoms with Crippen molar-refractivity contribution in [2.24, 2.45) is 17.8 Å². The van der Waals surface area contributed by atoms with Gasteiger partial charge in [-0.3, -0.25) is 9.89 Å². The number of anilines is 1. The van der Waals surface area contributed by atoms with Crippen LogP contribution in [0.4, 0.5) is 5.82 Å². The highest BCUT2D eigenvalue weighted by atomic mass is 16.2. The van der Waals surface area contributed by atoms with Crippen LogP contribution in [-0.2, 0) is 11.2 Å². The Morgan fingerprint density at radius 1 is 1.53 bits per heavy atom. The summed E-state index contributed by atoms with van der Waals surface area (Å²) in [6.07, 6.45) is 7.50.